The molecule has 0 bridgehead atoms. The summed E-state index contributed by atoms with van der Waals surface area (Å²) in [4.78, 5) is 66.9. The van der Waals surface area contributed by atoms with Crippen LogP contribution < -0.4 is 5.73 Å². The zero-order valence-electron chi connectivity index (χ0n) is 19.7. The van der Waals surface area contributed by atoms with Crippen molar-refractivity contribution in [3.63, 3.8) is 0 Å². The maximum absolute atomic E-state index is 13.8. The number of rotatable bonds is 5. The van der Waals surface area contributed by atoms with Crippen LogP contribution in [0.25, 0.3) is 0 Å². The molecular formula is C23H25N3O9. The summed E-state index contributed by atoms with van der Waals surface area (Å²) in [5.41, 5.74) is 4.30. The fourth-order valence-corrected chi connectivity index (χ4v) is 6.01. The third-order valence-corrected chi connectivity index (χ3v) is 7.37. The SMILES string of the molecule is CCOC(=O)C1=C(C)OC2=C(C1)C(=O)C1=C(C2=O)[C@@H](COC(N)=O)[C@@]2(OC)[C@@H]3[C@H](CN12)N3C(C)=O. The molecule has 2 saturated heterocycles. The Kier molecular flexibility index (Phi) is 5.06. The Balaban J connectivity index is 1.57. The van der Waals surface area contributed by atoms with Gasteiger partial charge in [0.15, 0.2) is 11.5 Å². The molecular weight excluding hydrogens is 462 g/mol. The van der Waals surface area contributed by atoms with E-state index in [-0.39, 0.29) is 72.1 Å². The normalized spacial score (nSPS) is 30.6. The highest BCUT2D eigenvalue weighted by molar-refractivity contribution is 6.26. The quantitative estimate of drug-likeness (QED) is 0.315. The minimum atomic E-state index is -1.30. The zero-order valence-corrected chi connectivity index (χ0v) is 19.7. The summed E-state index contributed by atoms with van der Waals surface area (Å²) >= 11 is 0. The Bertz CT molecular complexity index is 1200. The summed E-state index contributed by atoms with van der Waals surface area (Å²) in [6.45, 7) is 4.68. The van der Waals surface area contributed by atoms with Crippen LogP contribution in [0.2, 0.25) is 0 Å². The van der Waals surface area contributed by atoms with Gasteiger partial charge in [-0.1, -0.05) is 0 Å². The lowest BCUT2D eigenvalue weighted by Gasteiger charge is -2.40. The van der Waals surface area contributed by atoms with Crippen LogP contribution in [0.5, 0.6) is 0 Å². The number of piperazine rings is 1. The summed E-state index contributed by atoms with van der Waals surface area (Å²) in [5, 5.41) is 0. The fraction of sp³-hybridized carbons (Fsp3) is 0.522. The van der Waals surface area contributed by atoms with Gasteiger partial charge in [-0.15, -0.1) is 0 Å². The average molecular weight is 487 g/mol. The molecule has 35 heavy (non-hydrogen) atoms. The van der Waals surface area contributed by atoms with E-state index in [1.165, 1.54) is 21.0 Å². The molecule has 2 fully saturated rings. The highest BCUT2D eigenvalue weighted by Gasteiger charge is 2.77. The number of primary amides is 1. The molecule has 2 amide bonds. The summed E-state index contributed by atoms with van der Waals surface area (Å²) in [5.74, 6) is -2.75. The smallest absolute Gasteiger partial charge is 0.404 e. The second kappa shape index (κ2) is 7.67. The Morgan fingerprint density at radius 3 is 2.51 bits per heavy atom. The van der Waals surface area contributed by atoms with Gasteiger partial charge in [0.1, 0.15) is 18.4 Å². The van der Waals surface area contributed by atoms with Gasteiger partial charge in [-0.05, 0) is 13.8 Å². The van der Waals surface area contributed by atoms with E-state index in [2.05, 4.69) is 0 Å². The van der Waals surface area contributed by atoms with Crippen LogP contribution in [-0.4, -0.2) is 84.0 Å². The molecule has 0 saturated carbocycles. The molecule has 0 spiro atoms. The number of fused-ring (bicyclic) bond motifs is 4. The largest absolute Gasteiger partial charge is 0.463 e. The first-order valence-electron chi connectivity index (χ1n) is 11.2. The van der Waals surface area contributed by atoms with Crippen molar-refractivity contribution < 1.29 is 42.9 Å². The van der Waals surface area contributed by atoms with Gasteiger partial charge in [-0.2, -0.15) is 0 Å². The van der Waals surface area contributed by atoms with Gasteiger partial charge in [0.25, 0.3) is 0 Å². The maximum Gasteiger partial charge on any atom is 0.404 e. The summed E-state index contributed by atoms with van der Waals surface area (Å²) in [6, 6.07) is -0.679. The lowest BCUT2D eigenvalue weighted by Crippen LogP contribution is -2.56. The van der Waals surface area contributed by atoms with Crippen LogP contribution in [0, 0.1) is 5.92 Å². The standard InChI is InChI=1S/C23H25N3O9/c1-5-33-21(30)11-6-12-17(28)16-15(18(29)19(12)35-9(11)2)13(8-34-22(24)31)23(32-4)20-14(7-25(16)23)26(20)10(3)27/h13-14,20H,5-8H2,1-4H3,(H2,24,31)/t13-,14+,20+,23-,26?/m1/s1. The second-order valence-electron chi connectivity index (χ2n) is 8.95. The number of amides is 2. The van der Waals surface area contributed by atoms with Crippen molar-refractivity contribution in [1.82, 2.24) is 9.80 Å². The number of nitrogens with two attached hydrogens (primary N) is 1. The number of carbonyl (C=O) groups is 5. The second-order valence-corrected chi connectivity index (χ2v) is 8.95. The van der Waals surface area contributed by atoms with Crippen LogP contribution in [0.15, 0.2) is 33.9 Å². The number of methoxy groups -OCH3 is 1. The molecule has 0 aromatic rings. The number of carbonyl (C=O) groups excluding carboxylic acids is 5. The Morgan fingerprint density at radius 1 is 1.20 bits per heavy atom. The van der Waals surface area contributed by atoms with Crippen molar-refractivity contribution in [3.05, 3.63) is 33.9 Å². The van der Waals surface area contributed by atoms with Gasteiger partial charge in [0.05, 0.1) is 35.4 Å². The van der Waals surface area contributed by atoms with Crippen LogP contribution in [0.1, 0.15) is 27.2 Å². The highest BCUT2D eigenvalue weighted by Crippen LogP contribution is 2.60. The number of ether oxygens (including phenoxy) is 4. The summed E-state index contributed by atoms with van der Waals surface area (Å²) < 4.78 is 21.8. The van der Waals surface area contributed by atoms with E-state index in [0.29, 0.717) is 0 Å². The van der Waals surface area contributed by atoms with Gasteiger partial charge >= 0.3 is 12.1 Å². The number of ketones is 2. The zero-order chi connectivity index (χ0) is 25.4. The van der Waals surface area contributed by atoms with E-state index >= 15 is 0 Å². The average Bonchev–Trinajstić information content (AvgIpc) is 3.32. The number of esters is 1. The molecule has 4 atom stereocenters. The highest BCUT2D eigenvalue weighted by atomic mass is 16.6. The van der Waals surface area contributed by atoms with Gasteiger partial charge in [-0.3, -0.25) is 14.4 Å². The van der Waals surface area contributed by atoms with E-state index in [4.69, 9.17) is 24.7 Å². The van der Waals surface area contributed by atoms with E-state index in [1.807, 2.05) is 0 Å². The number of hydrogen-bond donors (Lipinski definition) is 1. The summed E-state index contributed by atoms with van der Waals surface area (Å²) in [7, 11) is 1.42. The molecule has 0 unspecified atom stereocenters. The van der Waals surface area contributed by atoms with Crippen molar-refractivity contribution in [3.8, 4) is 0 Å². The monoisotopic (exact) mass is 487 g/mol. The van der Waals surface area contributed by atoms with Gasteiger partial charge in [0, 0.05) is 32.6 Å². The van der Waals surface area contributed by atoms with Crippen molar-refractivity contribution in [2.24, 2.45) is 11.7 Å². The van der Waals surface area contributed by atoms with Gasteiger partial charge in [0.2, 0.25) is 17.5 Å². The first-order chi connectivity index (χ1) is 16.6. The van der Waals surface area contributed by atoms with Crippen LogP contribution in [0.3, 0.4) is 0 Å². The topological polar surface area (TPSA) is 155 Å². The molecule has 2 N–H and O–H groups in total. The fourth-order valence-electron chi connectivity index (χ4n) is 6.01. The molecule has 5 aliphatic rings. The first kappa shape index (κ1) is 23.1. The van der Waals surface area contributed by atoms with Crippen molar-refractivity contribution in [1.29, 1.82) is 0 Å². The third-order valence-electron chi connectivity index (χ3n) is 7.37. The molecule has 0 radical (unpaired) electrons. The van der Waals surface area contributed by atoms with Gasteiger partial charge < -0.3 is 34.5 Å². The van der Waals surface area contributed by atoms with Gasteiger partial charge in [-0.25, -0.2) is 9.59 Å². The predicted molar refractivity (Wildman–Crippen MR) is 115 cm³/mol. The number of nitrogens with zero attached hydrogens (tertiary/aromatic N) is 2. The molecule has 12 nitrogen and oxygen atoms in total. The minimum Gasteiger partial charge on any atom is -0.463 e. The molecule has 4 aliphatic heterocycles. The van der Waals surface area contributed by atoms with Crippen molar-refractivity contribution in [2.45, 2.75) is 45.0 Å². The van der Waals surface area contributed by atoms with Crippen LogP contribution in [0.4, 0.5) is 4.79 Å². The van der Waals surface area contributed by atoms with E-state index in [9.17, 15) is 24.0 Å². The number of Topliss-reactive ketones (excluding diaryl/α,β-unsaturated/α-hetero) is 2. The Morgan fingerprint density at radius 2 is 1.91 bits per heavy atom. The number of hydrogen-bond acceptors (Lipinski definition) is 10. The van der Waals surface area contributed by atoms with E-state index in [0.717, 1.165) is 0 Å². The molecule has 4 heterocycles. The first-order valence-corrected chi connectivity index (χ1v) is 11.2. The summed E-state index contributed by atoms with van der Waals surface area (Å²) in [6.07, 6.45) is -1.17. The molecule has 5 rings (SSSR count). The number of allylic oxidation sites excluding steroid dienone is 3. The van der Waals surface area contributed by atoms with E-state index in [1.54, 1.807) is 16.7 Å². The Hall–Kier alpha value is -3.67. The molecule has 1 aliphatic carbocycles. The molecule has 12 heteroatoms. The lowest BCUT2D eigenvalue weighted by atomic mass is 9.81. The van der Waals surface area contributed by atoms with Crippen LogP contribution >= 0.6 is 0 Å². The molecule has 0 aromatic heterocycles. The molecule has 0 aromatic carbocycles. The van der Waals surface area contributed by atoms with Crippen LogP contribution in [-0.2, 0) is 38.1 Å². The van der Waals surface area contributed by atoms with Crippen molar-refractivity contribution in [2.75, 3.05) is 26.9 Å². The third kappa shape index (κ3) is 2.92. The molecule has 186 valence electrons. The van der Waals surface area contributed by atoms with E-state index < -0.39 is 41.3 Å². The minimum absolute atomic E-state index is 0.0490. The maximum atomic E-state index is 13.8. The van der Waals surface area contributed by atoms with Crippen molar-refractivity contribution >= 4 is 29.5 Å². The predicted octanol–water partition coefficient (Wildman–Crippen LogP) is -0.113. The Labute approximate surface area is 200 Å². The lowest BCUT2D eigenvalue weighted by molar-refractivity contribution is -0.152.